The molecule has 0 saturated heterocycles. The monoisotopic (exact) mass is 288 g/mol. The van der Waals surface area contributed by atoms with Crippen molar-refractivity contribution in [3.8, 4) is 11.1 Å². The zero-order chi connectivity index (χ0) is 13.9. The van der Waals surface area contributed by atoms with Gasteiger partial charge in [0.2, 0.25) is 0 Å². The van der Waals surface area contributed by atoms with Crippen LogP contribution in [0, 0.1) is 5.92 Å². The van der Waals surface area contributed by atoms with Crippen LogP contribution in [-0.4, -0.2) is 6.54 Å². The molecule has 3 nitrogen and oxygen atoms in total. The molecule has 5 N–H and O–H groups in total. The van der Waals surface area contributed by atoms with Crippen LogP contribution in [0.1, 0.15) is 12.8 Å². The second-order valence-corrected chi connectivity index (χ2v) is 5.66. The Labute approximate surface area is 124 Å². The van der Waals surface area contributed by atoms with E-state index in [9.17, 15) is 0 Å². The van der Waals surface area contributed by atoms with Gasteiger partial charge in [-0.15, -0.1) is 0 Å². The molecule has 0 radical (unpaired) electrons. The van der Waals surface area contributed by atoms with Crippen molar-refractivity contribution in [3.63, 3.8) is 0 Å². The number of benzene rings is 2. The van der Waals surface area contributed by atoms with Crippen molar-refractivity contribution in [2.45, 2.75) is 12.8 Å². The molecule has 1 fully saturated rings. The molecule has 0 aromatic heterocycles. The molecule has 104 valence electrons. The van der Waals surface area contributed by atoms with Gasteiger partial charge in [-0.05, 0) is 24.5 Å². The highest BCUT2D eigenvalue weighted by atomic mass is 35.5. The molecule has 1 aliphatic carbocycles. The molecule has 0 amide bonds. The van der Waals surface area contributed by atoms with Crippen LogP contribution in [0.25, 0.3) is 11.1 Å². The summed E-state index contributed by atoms with van der Waals surface area (Å²) in [7, 11) is 0. The number of halogens is 1. The number of hydrazine groups is 1. The van der Waals surface area contributed by atoms with Crippen molar-refractivity contribution < 1.29 is 5.32 Å². The van der Waals surface area contributed by atoms with E-state index in [1.54, 1.807) is 0 Å². The Kier molecular flexibility index (Phi) is 3.92. The molecule has 20 heavy (non-hydrogen) atoms. The smallest absolute Gasteiger partial charge is 0.155 e. The summed E-state index contributed by atoms with van der Waals surface area (Å²) in [6.45, 7) is 1.11. The Morgan fingerprint density at radius 1 is 1.15 bits per heavy atom. The topological polar surface area (TPSA) is 54.7 Å². The molecule has 1 saturated carbocycles. The molecule has 0 aliphatic heterocycles. The number of hydrogen-bond donors (Lipinski definition) is 3. The predicted molar refractivity (Wildman–Crippen MR) is 83.9 cm³/mol. The lowest BCUT2D eigenvalue weighted by atomic mass is 10.0. The van der Waals surface area contributed by atoms with Gasteiger partial charge in [-0.25, -0.2) is 0 Å². The second kappa shape index (κ2) is 5.83. The minimum atomic E-state index is 0.684. The minimum Gasteiger partial charge on any atom is -0.318 e. The molecule has 4 heteroatoms. The zero-order valence-electron chi connectivity index (χ0n) is 11.3. The van der Waals surface area contributed by atoms with Gasteiger partial charge in [0.25, 0.3) is 0 Å². The van der Waals surface area contributed by atoms with E-state index in [0.29, 0.717) is 5.02 Å². The standard InChI is InChI=1S/C16H18ClN3/c17-15-13(12-4-2-1-3-5-12)8-9-14(16(15)20-18)19-10-11-6-7-11/h1-5,8-9,11,19-20H,6-7,10,18H2/p+1. The number of quaternary nitrogens is 1. The van der Waals surface area contributed by atoms with Crippen LogP contribution in [-0.2, 0) is 0 Å². The minimum absolute atomic E-state index is 0.684. The summed E-state index contributed by atoms with van der Waals surface area (Å²) in [5, 5.41) is 2.91. The van der Waals surface area contributed by atoms with Crippen LogP contribution in [0.2, 0.25) is 5.02 Å². The molecule has 1 aliphatic rings. The van der Waals surface area contributed by atoms with Gasteiger partial charge in [0.05, 0.1) is 11.6 Å². The van der Waals surface area contributed by atoms with Gasteiger partial charge in [-0.3, -0.25) is 5.84 Å². The molecule has 0 atom stereocenters. The van der Waals surface area contributed by atoms with E-state index < -0.39 is 0 Å². The van der Waals surface area contributed by atoms with Crippen molar-refractivity contribution in [2.24, 2.45) is 11.8 Å². The van der Waals surface area contributed by atoms with Gasteiger partial charge in [0, 0.05) is 17.5 Å². The predicted octanol–water partition coefficient (Wildman–Crippen LogP) is 2.90. The van der Waals surface area contributed by atoms with Crippen molar-refractivity contribution in [2.75, 3.05) is 12.0 Å². The lowest BCUT2D eigenvalue weighted by Gasteiger charge is -2.12. The van der Waals surface area contributed by atoms with Crippen molar-refractivity contribution >= 4 is 23.0 Å². The number of rotatable bonds is 5. The lowest BCUT2D eigenvalue weighted by Crippen LogP contribution is -2.78. The van der Waals surface area contributed by atoms with E-state index in [-0.39, 0.29) is 0 Å². The van der Waals surface area contributed by atoms with Crippen molar-refractivity contribution in [1.82, 2.24) is 0 Å². The fraction of sp³-hybridized carbons (Fsp3) is 0.250. The third-order valence-electron chi connectivity index (χ3n) is 3.77. The van der Waals surface area contributed by atoms with Gasteiger partial charge in [0.1, 0.15) is 5.69 Å². The number of nitrogens with one attached hydrogen (secondary N) is 1. The van der Waals surface area contributed by atoms with Crippen molar-refractivity contribution in [1.29, 1.82) is 0 Å². The number of hydrogen-bond acceptors (Lipinski definition) is 2. The lowest BCUT2D eigenvalue weighted by molar-refractivity contribution is -0.573. The first-order valence-corrected chi connectivity index (χ1v) is 7.35. The number of nitrogens with two attached hydrogens (primary N) is 2. The summed E-state index contributed by atoms with van der Waals surface area (Å²) in [6, 6.07) is 14.3. The van der Waals surface area contributed by atoms with Crippen LogP contribution >= 0.6 is 11.6 Å². The summed E-state index contributed by atoms with van der Waals surface area (Å²) in [6.07, 6.45) is 2.69. The molecule has 0 spiro atoms. The summed E-state index contributed by atoms with van der Waals surface area (Å²) < 4.78 is 0. The Morgan fingerprint density at radius 2 is 1.90 bits per heavy atom. The maximum Gasteiger partial charge on any atom is 0.155 e. The summed E-state index contributed by atoms with van der Waals surface area (Å²) >= 11 is 6.52. The molecule has 0 heterocycles. The highest BCUT2D eigenvalue weighted by Gasteiger charge is 2.24. The van der Waals surface area contributed by atoms with E-state index in [1.165, 1.54) is 12.8 Å². The average molecular weight is 289 g/mol. The molecular weight excluding hydrogens is 270 g/mol. The highest BCUT2D eigenvalue weighted by molar-refractivity contribution is 6.36. The van der Waals surface area contributed by atoms with Crippen LogP contribution < -0.4 is 16.6 Å². The van der Waals surface area contributed by atoms with E-state index >= 15 is 0 Å². The van der Waals surface area contributed by atoms with Gasteiger partial charge in [0.15, 0.2) is 5.69 Å². The van der Waals surface area contributed by atoms with Crippen LogP contribution in [0.15, 0.2) is 42.5 Å². The van der Waals surface area contributed by atoms with Gasteiger partial charge in [-0.2, -0.15) is 0 Å². The molecule has 0 bridgehead atoms. The third-order valence-corrected chi connectivity index (χ3v) is 4.16. The van der Waals surface area contributed by atoms with E-state index in [1.807, 2.05) is 18.2 Å². The summed E-state index contributed by atoms with van der Waals surface area (Å²) in [4.78, 5) is 0. The van der Waals surface area contributed by atoms with Gasteiger partial charge >= 0.3 is 0 Å². The summed E-state index contributed by atoms with van der Waals surface area (Å²) in [5.74, 6) is 6.52. The Morgan fingerprint density at radius 3 is 2.55 bits per heavy atom. The maximum atomic E-state index is 6.52. The fourth-order valence-electron chi connectivity index (χ4n) is 2.40. The first-order chi connectivity index (χ1) is 9.79. The molecule has 2 aromatic rings. The Balaban J connectivity index is 1.93. The van der Waals surface area contributed by atoms with E-state index in [2.05, 4.69) is 35.0 Å². The van der Waals surface area contributed by atoms with Gasteiger partial charge < -0.3 is 10.7 Å². The van der Waals surface area contributed by atoms with Gasteiger partial charge in [-0.1, -0.05) is 41.9 Å². The van der Waals surface area contributed by atoms with Crippen molar-refractivity contribution in [3.05, 3.63) is 47.5 Å². The van der Waals surface area contributed by atoms with E-state index in [0.717, 1.165) is 35.0 Å². The first-order valence-electron chi connectivity index (χ1n) is 6.97. The highest BCUT2D eigenvalue weighted by Crippen LogP contribution is 2.37. The quantitative estimate of drug-likeness (QED) is 0.450. The Hall–Kier alpha value is -1.55. The summed E-state index contributed by atoms with van der Waals surface area (Å²) in [5.41, 5.74) is 6.76. The SMILES string of the molecule is NNc1c([NH2+]CC2CC2)ccc(-c2ccccc2)c1Cl. The first kappa shape index (κ1) is 13.4. The maximum absolute atomic E-state index is 6.52. The third kappa shape index (κ3) is 2.80. The number of nitrogen functional groups attached to an aromatic ring is 1. The number of anilines is 1. The average Bonchev–Trinajstić information content (AvgIpc) is 3.30. The second-order valence-electron chi connectivity index (χ2n) is 5.28. The molecule has 0 unspecified atom stereocenters. The molecule has 3 rings (SSSR count). The zero-order valence-corrected chi connectivity index (χ0v) is 12.0. The largest absolute Gasteiger partial charge is 0.318 e. The van der Waals surface area contributed by atoms with Crippen LogP contribution in [0.4, 0.5) is 11.4 Å². The molecule has 2 aromatic carbocycles. The van der Waals surface area contributed by atoms with E-state index in [4.69, 9.17) is 17.4 Å². The Bertz CT molecular complexity index is 594. The fourth-order valence-corrected chi connectivity index (χ4v) is 2.73. The van der Waals surface area contributed by atoms with Crippen LogP contribution in [0.5, 0.6) is 0 Å². The van der Waals surface area contributed by atoms with Crippen LogP contribution in [0.3, 0.4) is 0 Å². The molecular formula is C16H19ClN3+. The normalized spacial score (nSPS) is 14.3.